The van der Waals surface area contributed by atoms with Gasteiger partial charge in [0.15, 0.2) is 0 Å². The summed E-state index contributed by atoms with van der Waals surface area (Å²) in [5.41, 5.74) is 0.509. The molecule has 0 aromatic heterocycles. The summed E-state index contributed by atoms with van der Waals surface area (Å²) in [5.74, 6) is -1.16. The largest absolute Gasteiger partial charge is 0.480 e. The smallest absolute Gasteiger partial charge is 0.317 e. The van der Waals surface area contributed by atoms with Crippen LogP contribution in [0.1, 0.15) is 24.8 Å². The Morgan fingerprint density at radius 3 is 2.65 bits per heavy atom. The molecule has 1 amide bonds. The first kappa shape index (κ1) is 20.3. The number of carboxylic acids is 1. The summed E-state index contributed by atoms with van der Waals surface area (Å²) in [6.45, 7) is 2.17. The lowest BCUT2D eigenvalue weighted by molar-refractivity contribution is -0.138. The second-order valence-corrected chi connectivity index (χ2v) is 7.01. The third-order valence-electron chi connectivity index (χ3n) is 4.95. The van der Waals surface area contributed by atoms with Gasteiger partial charge in [0.25, 0.3) is 0 Å². The standard InChI is InChI=1S/C19H28FN3O3/c1-21(14-19(25)26)16-7-5-10-23(11-9-16)13-18(24)22(2)12-15-6-3-4-8-17(15)20/h3-4,6,8,16H,5,7,9-14H2,1-2H3,(H,25,26). The van der Waals surface area contributed by atoms with Gasteiger partial charge in [0.2, 0.25) is 5.91 Å². The Kier molecular flexibility index (Phi) is 7.53. The van der Waals surface area contributed by atoms with Crippen molar-refractivity contribution >= 4 is 11.9 Å². The maximum atomic E-state index is 13.7. The van der Waals surface area contributed by atoms with Crippen molar-refractivity contribution in [1.29, 1.82) is 0 Å². The van der Waals surface area contributed by atoms with Gasteiger partial charge in [-0.25, -0.2) is 4.39 Å². The van der Waals surface area contributed by atoms with Crippen LogP contribution in [0, 0.1) is 5.82 Å². The molecule has 0 radical (unpaired) electrons. The van der Waals surface area contributed by atoms with Crippen LogP contribution in [0.3, 0.4) is 0 Å². The summed E-state index contributed by atoms with van der Waals surface area (Å²) >= 11 is 0. The van der Waals surface area contributed by atoms with E-state index in [9.17, 15) is 14.0 Å². The molecule has 1 aliphatic rings. The number of benzene rings is 1. The molecule has 1 saturated heterocycles. The molecule has 144 valence electrons. The Balaban J connectivity index is 1.83. The fraction of sp³-hybridized carbons (Fsp3) is 0.579. The molecule has 0 aliphatic carbocycles. The van der Waals surface area contributed by atoms with Crippen LogP contribution in [0.5, 0.6) is 0 Å². The Bertz CT molecular complexity index is 626. The van der Waals surface area contributed by atoms with E-state index in [0.29, 0.717) is 12.1 Å². The number of carbonyl (C=O) groups excluding carboxylic acids is 1. The topological polar surface area (TPSA) is 64.1 Å². The highest BCUT2D eigenvalue weighted by atomic mass is 19.1. The lowest BCUT2D eigenvalue weighted by Gasteiger charge is -2.26. The Morgan fingerprint density at radius 1 is 1.23 bits per heavy atom. The van der Waals surface area contributed by atoms with Gasteiger partial charge in [-0.05, 0) is 38.9 Å². The average Bonchev–Trinajstić information content (AvgIpc) is 2.82. The predicted octanol–water partition coefficient (Wildman–Crippen LogP) is 1.66. The Morgan fingerprint density at radius 2 is 1.96 bits per heavy atom. The van der Waals surface area contributed by atoms with Crippen molar-refractivity contribution in [1.82, 2.24) is 14.7 Å². The van der Waals surface area contributed by atoms with E-state index in [1.807, 2.05) is 11.9 Å². The number of carbonyl (C=O) groups is 2. The minimum atomic E-state index is -0.821. The molecule has 0 bridgehead atoms. The zero-order valence-corrected chi connectivity index (χ0v) is 15.5. The fourth-order valence-electron chi connectivity index (χ4n) is 3.36. The molecular formula is C19H28FN3O3. The first-order chi connectivity index (χ1) is 12.4. The molecule has 1 aliphatic heterocycles. The van der Waals surface area contributed by atoms with Gasteiger partial charge in [-0.1, -0.05) is 18.2 Å². The van der Waals surface area contributed by atoms with Crippen molar-refractivity contribution in [3.05, 3.63) is 35.6 Å². The van der Waals surface area contributed by atoms with E-state index in [-0.39, 0.29) is 30.9 Å². The Labute approximate surface area is 154 Å². The minimum absolute atomic E-state index is 0.0365. The van der Waals surface area contributed by atoms with Crippen LogP contribution in [0.2, 0.25) is 0 Å². The predicted molar refractivity (Wildman–Crippen MR) is 97.2 cm³/mol. The van der Waals surface area contributed by atoms with Crippen LogP contribution < -0.4 is 0 Å². The van der Waals surface area contributed by atoms with Gasteiger partial charge in [-0.3, -0.25) is 19.4 Å². The van der Waals surface area contributed by atoms with E-state index in [2.05, 4.69) is 4.90 Å². The van der Waals surface area contributed by atoms with E-state index in [1.165, 1.54) is 6.07 Å². The molecule has 0 saturated carbocycles. The van der Waals surface area contributed by atoms with Crippen molar-refractivity contribution in [3.8, 4) is 0 Å². The summed E-state index contributed by atoms with van der Waals surface area (Å²) in [6.07, 6.45) is 2.70. The summed E-state index contributed by atoms with van der Waals surface area (Å²) < 4.78 is 13.7. The number of halogens is 1. The lowest BCUT2D eigenvalue weighted by Crippen LogP contribution is -2.40. The second kappa shape index (κ2) is 9.64. The van der Waals surface area contributed by atoms with Crippen LogP contribution in [0.4, 0.5) is 4.39 Å². The van der Waals surface area contributed by atoms with Crippen LogP contribution >= 0.6 is 0 Å². The number of hydrogen-bond acceptors (Lipinski definition) is 4. The van der Waals surface area contributed by atoms with Crippen LogP contribution in [-0.4, -0.2) is 78.0 Å². The fourth-order valence-corrected chi connectivity index (χ4v) is 3.36. The number of likely N-dealkylation sites (tertiary alicyclic amines) is 1. The van der Waals surface area contributed by atoms with E-state index < -0.39 is 5.97 Å². The number of amides is 1. The summed E-state index contributed by atoms with van der Waals surface area (Å²) in [5, 5.41) is 8.93. The minimum Gasteiger partial charge on any atom is -0.480 e. The third kappa shape index (κ3) is 6.07. The second-order valence-electron chi connectivity index (χ2n) is 7.01. The maximum absolute atomic E-state index is 13.7. The molecule has 1 unspecified atom stereocenters. The van der Waals surface area contributed by atoms with Crippen molar-refractivity contribution in [2.45, 2.75) is 31.8 Å². The highest BCUT2D eigenvalue weighted by Crippen LogP contribution is 2.16. The van der Waals surface area contributed by atoms with Crippen molar-refractivity contribution in [2.75, 3.05) is 40.3 Å². The van der Waals surface area contributed by atoms with Gasteiger partial charge in [-0.2, -0.15) is 0 Å². The number of nitrogens with zero attached hydrogens (tertiary/aromatic N) is 3. The van der Waals surface area contributed by atoms with Crippen LogP contribution in [-0.2, 0) is 16.1 Å². The molecule has 1 heterocycles. The quantitative estimate of drug-likeness (QED) is 0.796. The van der Waals surface area contributed by atoms with Gasteiger partial charge in [-0.15, -0.1) is 0 Å². The van der Waals surface area contributed by atoms with Gasteiger partial charge in [0.05, 0.1) is 13.1 Å². The number of likely N-dealkylation sites (N-methyl/N-ethyl adjacent to an activating group) is 2. The van der Waals surface area contributed by atoms with Crippen molar-refractivity contribution in [2.24, 2.45) is 0 Å². The van der Waals surface area contributed by atoms with Gasteiger partial charge < -0.3 is 10.0 Å². The zero-order chi connectivity index (χ0) is 19.1. The number of hydrogen-bond donors (Lipinski definition) is 1. The van der Waals surface area contributed by atoms with Crippen molar-refractivity contribution < 1.29 is 19.1 Å². The number of carboxylic acid groups (broad SMARTS) is 1. The lowest BCUT2D eigenvalue weighted by atomic mass is 10.1. The van der Waals surface area contributed by atoms with Gasteiger partial charge in [0, 0.05) is 31.7 Å². The van der Waals surface area contributed by atoms with Crippen LogP contribution in [0.15, 0.2) is 24.3 Å². The van der Waals surface area contributed by atoms with Crippen LogP contribution in [0.25, 0.3) is 0 Å². The molecule has 1 atom stereocenters. The Hall–Kier alpha value is -1.99. The molecule has 0 spiro atoms. The monoisotopic (exact) mass is 365 g/mol. The summed E-state index contributed by atoms with van der Waals surface area (Å²) in [4.78, 5) is 28.9. The molecule has 1 aromatic carbocycles. The highest BCUT2D eigenvalue weighted by Gasteiger charge is 2.23. The normalized spacial score (nSPS) is 18.5. The average molecular weight is 365 g/mol. The van der Waals surface area contributed by atoms with Crippen molar-refractivity contribution in [3.63, 3.8) is 0 Å². The third-order valence-corrected chi connectivity index (χ3v) is 4.95. The first-order valence-corrected chi connectivity index (χ1v) is 8.98. The van der Waals surface area contributed by atoms with E-state index in [0.717, 1.165) is 32.4 Å². The number of rotatable bonds is 7. The molecule has 1 aromatic rings. The SMILES string of the molecule is CN(Cc1ccccc1F)C(=O)CN1CCCC(N(C)CC(=O)O)CC1. The van der Waals surface area contributed by atoms with E-state index in [4.69, 9.17) is 5.11 Å². The van der Waals surface area contributed by atoms with Gasteiger partial charge in [0.1, 0.15) is 5.82 Å². The molecule has 1 N–H and O–H groups in total. The molecular weight excluding hydrogens is 337 g/mol. The molecule has 2 rings (SSSR count). The van der Waals surface area contributed by atoms with Gasteiger partial charge >= 0.3 is 5.97 Å². The molecule has 1 fully saturated rings. The summed E-state index contributed by atoms with van der Waals surface area (Å²) in [6, 6.07) is 6.71. The first-order valence-electron chi connectivity index (χ1n) is 8.98. The number of aliphatic carboxylic acids is 1. The molecule has 7 heteroatoms. The zero-order valence-electron chi connectivity index (χ0n) is 15.5. The van der Waals surface area contributed by atoms with E-state index in [1.54, 1.807) is 30.1 Å². The molecule has 6 nitrogen and oxygen atoms in total. The maximum Gasteiger partial charge on any atom is 0.317 e. The van der Waals surface area contributed by atoms with E-state index >= 15 is 0 Å². The molecule has 26 heavy (non-hydrogen) atoms. The summed E-state index contributed by atoms with van der Waals surface area (Å²) in [7, 11) is 3.53. The highest BCUT2D eigenvalue weighted by molar-refractivity contribution is 5.78.